The second kappa shape index (κ2) is 51.7. The Kier molecular flexibility index (Phi) is 49.6. The zero-order valence-electron chi connectivity index (χ0n) is 47.4. The fourth-order valence-electron chi connectivity index (χ4n) is 8.01. The van der Waals surface area contributed by atoms with Crippen LogP contribution in [0.2, 0.25) is 0 Å². The fourth-order valence-corrected chi connectivity index (χ4v) is 8.74. The van der Waals surface area contributed by atoms with Crippen molar-refractivity contribution in [2.24, 2.45) is 0 Å². The predicted molar refractivity (Wildman–Crippen MR) is 307 cm³/mol. The first-order chi connectivity index (χ1) is 34.9. The van der Waals surface area contributed by atoms with Crippen LogP contribution in [0.5, 0.6) is 0 Å². The Bertz CT molecular complexity index is 1510. The van der Waals surface area contributed by atoms with Gasteiger partial charge in [0.05, 0.1) is 33.8 Å². The maximum absolute atomic E-state index is 13.5. The highest BCUT2D eigenvalue weighted by Crippen LogP contribution is 2.38. The number of amides is 1. The molecule has 3 unspecified atom stereocenters. The van der Waals surface area contributed by atoms with Gasteiger partial charge < -0.3 is 28.5 Å². The average molecular weight is 1030 g/mol. The Morgan fingerprint density at radius 1 is 0.500 bits per heavy atom. The van der Waals surface area contributed by atoms with Crippen LogP contribution >= 0.6 is 7.82 Å². The van der Waals surface area contributed by atoms with E-state index in [0.29, 0.717) is 23.9 Å². The van der Waals surface area contributed by atoms with Crippen LogP contribution in [0.3, 0.4) is 0 Å². The Morgan fingerprint density at radius 3 is 1.36 bits per heavy atom. The van der Waals surface area contributed by atoms with Gasteiger partial charge in [-0.25, -0.2) is 0 Å². The number of unbranched alkanes of at least 4 members (excludes halogenated alkanes) is 24. The fraction of sp³-hybridized carbons (Fsp3) is 0.742. The number of hydrogen-bond donors (Lipinski definition) is 1. The van der Waals surface area contributed by atoms with Gasteiger partial charge in [0.1, 0.15) is 19.3 Å². The molecule has 0 aliphatic carbocycles. The van der Waals surface area contributed by atoms with E-state index in [2.05, 4.69) is 99.0 Å². The van der Waals surface area contributed by atoms with Crippen molar-refractivity contribution in [3.63, 3.8) is 0 Å². The van der Waals surface area contributed by atoms with Crippen LogP contribution in [0.1, 0.15) is 245 Å². The van der Waals surface area contributed by atoms with E-state index < -0.39 is 26.6 Å². The molecule has 0 aromatic heterocycles. The van der Waals surface area contributed by atoms with Crippen LogP contribution in [-0.4, -0.2) is 69.4 Å². The van der Waals surface area contributed by atoms with E-state index in [0.717, 1.165) is 116 Å². The van der Waals surface area contributed by atoms with E-state index in [9.17, 15) is 19.0 Å². The molecule has 0 bridgehead atoms. The molecule has 0 saturated carbocycles. The minimum Gasteiger partial charge on any atom is -0.756 e. The third-order valence-corrected chi connectivity index (χ3v) is 13.5. The maximum Gasteiger partial charge on any atom is 0.306 e. The molecule has 9 nitrogen and oxygen atoms in total. The standard InChI is InChI=1S/C62H111N2O7P/c1-7-10-13-16-19-22-25-28-30-31-32-33-34-37-40-43-46-49-52-55-62(66)71-60(53-50-47-44-41-38-35-27-24-21-18-15-12-9-3)59(58-70-72(67,68)69-57-56-64(4,5)6)63-61(65)54-51-48-45-42-39-36-29-26-23-20-17-14-11-8-2/h11,14,19-20,22-23,28-30,32-33,36,50,53,59-60H,7-10,12-13,15-18,21,24-27,31,34-35,37-49,51-52,54-58H2,1-6H3,(H-,63,65,67,68)/b14-11+,22-19-,23-20+,30-28-,33-32-,36-29+,53-50+. The number of esters is 1. The van der Waals surface area contributed by atoms with Crippen molar-refractivity contribution < 1.29 is 37.3 Å². The topological polar surface area (TPSA) is 114 Å². The summed E-state index contributed by atoms with van der Waals surface area (Å²) in [5.74, 6) is -0.584. The molecule has 0 aromatic rings. The number of ether oxygens (including phenoxy) is 1. The normalized spacial score (nSPS) is 14.4. The zero-order chi connectivity index (χ0) is 52.9. The molecule has 1 amide bonds. The summed E-state index contributed by atoms with van der Waals surface area (Å²) in [5.41, 5.74) is 0. The number of phosphoric ester groups is 1. The van der Waals surface area contributed by atoms with Gasteiger partial charge >= 0.3 is 5.97 Å². The van der Waals surface area contributed by atoms with Gasteiger partial charge in [0.25, 0.3) is 7.82 Å². The lowest BCUT2D eigenvalue weighted by molar-refractivity contribution is -0.870. The quantitative estimate of drug-likeness (QED) is 0.0212. The van der Waals surface area contributed by atoms with Gasteiger partial charge in [0, 0.05) is 12.8 Å². The van der Waals surface area contributed by atoms with Gasteiger partial charge in [0.2, 0.25) is 5.91 Å². The first-order valence-corrected chi connectivity index (χ1v) is 30.9. The summed E-state index contributed by atoms with van der Waals surface area (Å²) in [5, 5.41) is 3.00. The van der Waals surface area contributed by atoms with Gasteiger partial charge in [0.15, 0.2) is 0 Å². The second-order valence-electron chi connectivity index (χ2n) is 20.8. The van der Waals surface area contributed by atoms with Crippen LogP contribution in [0.25, 0.3) is 0 Å². The third kappa shape index (κ3) is 52.1. The SMILES string of the molecule is CC/C=C/C/C=C/C/C=C/CCCCCCC(=O)NC(COP(=O)([O-])OCC[N+](C)(C)C)C(/C=C/CCCCCCCCCCCCC)OC(=O)CCCCCCCC/C=C\C/C=C\C/C=C\CCCCC. The summed E-state index contributed by atoms with van der Waals surface area (Å²) in [6.07, 6.45) is 66.9. The van der Waals surface area contributed by atoms with E-state index in [1.165, 1.54) is 83.5 Å². The molecule has 0 rings (SSSR count). The Balaban J connectivity index is 5.39. The number of quaternary nitrogens is 1. The zero-order valence-corrected chi connectivity index (χ0v) is 48.3. The lowest BCUT2D eigenvalue weighted by atomic mass is 10.0. The molecular formula is C62H111N2O7P. The summed E-state index contributed by atoms with van der Waals surface area (Å²) >= 11 is 0. The molecule has 1 N–H and O–H groups in total. The van der Waals surface area contributed by atoms with Crippen molar-refractivity contribution >= 4 is 19.7 Å². The Labute approximate surface area is 444 Å². The second-order valence-corrected chi connectivity index (χ2v) is 22.2. The van der Waals surface area contributed by atoms with Crippen LogP contribution in [0.15, 0.2) is 85.1 Å². The van der Waals surface area contributed by atoms with Gasteiger partial charge in [-0.15, -0.1) is 0 Å². The highest BCUT2D eigenvalue weighted by atomic mass is 31.2. The molecule has 0 aromatic carbocycles. The van der Waals surface area contributed by atoms with Gasteiger partial charge in [-0.1, -0.05) is 215 Å². The van der Waals surface area contributed by atoms with Crippen molar-refractivity contribution in [3.05, 3.63) is 85.1 Å². The predicted octanol–water partition coefficient (Wildman–Crippen LogP) is 17.2. The van der Waals surface area contributed by atoms with Crippen molar-refractivity contribution in [2.45, 2.75) is 258 Å². The minimum atomic E-state index is -4.71. The molecule has 0 spiro atoms. The Hall–Kier alpha value is -2.81. The number of carbonyl (C=O) groups is 2. The van der Waals surface area contributed by atoms with Crippen LogP contribution in [0.4, 0.5) is 0 Å². The highest BCUT2D eigenvalue weighted by Gasteiger charge is 2.27. The third-order valence-electron chi connectivity index (χ3n) is 12.6. The van der Waals surface area contributed by atoms with E-state index in [1.54, 1.807) is 0 Å². The number of carbonyl (C=O) groups excluding carboxylic acids is 2. The summed E-state index contributed by atoms with van der Waals surface area (Å²) in [4.78, 5) is 39.9. The summed E-state index contributed by atoms with van der Waals surface area (Å²) < 4.78 is 30.2. The molecule has 0 aliphatic heterocycles. The van der Waals surface area contributed by atoms with Crippen molar-refractivity contribution in [3.8, 4) is 0 Å². The summed E-state index contributed by atoms with van der Waals surface area (Å²) in [7, 11) is 1.15. The average Bonchev–Trinajstić information content (AvgIpc) is 3.34. The van der Waals surface area contributed by atoms with Gasteiger partial charge in [-0.3, -0.25) is 14.2 Å². The highest BCUT2D eigenvalue weighted by molar-refractivity contribution is 7.45. The van der Waals surface area contributed by atoms with E-state index in [4.69, 9.17) is 13.8 Å². The van der Waals surface area contributed by atoms with Crippen molar-refractivity contribution in [2.75, 3.05) is 40.9 Å². The number of rotatable bonds is 52. The van der Waals surface area contributed by atoms with Crippen LogP contribution < -0.4 is 10.2 Å². The molecular weight excluding hydrogens is 916 g/mol. The monoisotopic (exact) mass is 1030 g/mol. The summed E-state index contributed by atoms with van der Waals surface area (Å²) in [6.45, 7) is 6.67. The molecule has 416 valence electrons. The van der Waals surface area contributed by atoms with Crippen LogP contribution in [-0.2, 0) is 27.9 Å². The lowest BCUT2D eigenvalue weighted by Gasteiger charge is -2.30. The first kappa shape index (κ1) is 69.2. The molecule has 0 fully saturated rings. The minimum absolute atomic E-state index is 0.0328. The van der Waals surface area contributed by atoms with Crippen LogP contribution in [0, 0.1) is 0 Å². The molecule has 0 heterocycles. The molecule has 10 heteroatoms. The molecule has 72 heavy (non-hydrogen) atoms. The van der Waals surface area contributed by atoms with Crippen molar-refractivity contribution in [1.29, 1.82) is 0 Å². The number of phosphoric acid groups is 1. The van der Waals surface area contributed by atoms with E-state index in [-0.39, 0.29) is 31.3 Å². The smallest absolute Gasteiger partial charge is 0.306 e. The number of nitrogens with one attached hydrogen (secondary N) is 1. The molecule has 0 radical (unpaired) electrons. The van der Waals surface area contributed by atoms with Crippen molar-refractivity contribution in [1.82, 2.24) is 5.32 Å². The van der Waals surface area contributed by atoms with Gasteiger partial charge in [-0.05, 0) is 102 Å². The lowest BCUT2D eigenvalue weighted by Crippen LogP contribution is -2.47. The Morgan fingerprint density at radius 2 is 0.889 bits per heavy atom. The van der Waals surface area contributed by atoms with Gasteiger partial charge in [-0.2, -0.15) is 0 Å². The van der Waals surface area contributed by atoms with E-state index in [1.807, 2.05) is 33.3 Å². The molecule has 3 atom stereocenters. The number of likely N-dealkylation sites (N-methyl/N-ethyl adjacent to an activating group) is 1. The van der Waals surface area contributed by atoms with E-state index >= 15 is 0 Å². The first-order valence-electron chi connectivity index (χ1n) is 29.4. The molecule has 0 aliphatic rings. The maximum atomic E-state index is 13.5. The largest absolute Gasteiger partial charge is 0.756 e. The number of allylic oxidation sites excluding steroid dienone is 13. The number of nitrogens with zero attached hydrogens (tertiary/aromatic N) is 1. The molecule has 0 saturated heterocycles. The number of hydrogen-bond acceptors (Lipinski definition) is 7. The summed E-state index contributed by atoms with van der Waals surface area (Å²) in [6, 6.07) is -0.909.